The van der Waals surface area contributed by atoms with E-state index in [2.05, 4.69) is 15.3 Å². The molecular formula is C23H25FN6O. The van der Waals surface area contributed by atoms with Gasteiger partial charge in [-0.05, 0) is 41.8 Å². The minimum atomic E-state index is -0.750. The Morgan fingerprint density at radius 2 is 2.03 bits per heavy atom. The minimum Gasteiger partial charge on any atom is -0.369 e. The Labute approximate surface area is 180 Å². The van der Waals surface area contributed by atoms with E-state index in [1.165, 1.54) is 12.1 Å². The fourth-order valence-electron chi connectivity index (χ4n) is 3.27. The number of aromatic nitrogens is 2. The van der Waals surface area contributed by atoms with Crippen LogP contribution in [0.25, 0.3) is 0 Å². The fraction of sp³-hybridized carbons (Fsp3) is 0.217. The van der Waals surface area contributed by atoms with Gasteiger partial charge in [-0.2, -0.15) is 0 Å². The minimum absolute atomic E-state index is 0.233. The summed E-state index contributed by atoms with van der Waals surface area (Å²) in [5.74, 6) is -0.883. The molecule has 1 amide bonds. The predicted octanol–water partition coefficient (Wildman–Crippen LogP) is 2.77. The Kier molecular flexibility index (Phi) is 6.92. The Morgan fingerprint density at radius 1 is 1.23 bits per heavy atom. The van der Waals surface area contributed by atoms with Gasteiger partial charge in [0.1, 0.15) is 23.2 Å². The molecule has 7 nitrogen and oxygen atoms in total. The standard InChI is InChI=1S/C23H25FN6O/c1-30(2)21(25)19-9-8-18(20(22(26)31)16-6-4-11-27-14-16)23(29-19)28-12-10-15-5-3-7-17(24)13-15/h3-9,11,13-14,20,25H,10,12H2,1-2H3,(H2,26,31)(H,28,29). The van der Waals surface area contributed by atoms with Crippen LogP contribution in [-0.4, -0.2) is 47.3 Å². The van der Waals surface area contributed by atoms with Gasteiger partial charge in [0, 0.05) is 38.6 Å². The van der Waals surface area contributed by atoms with E-state index >= 15 is 0 Å². The lowest BCUT2D eigenvalue weighted by Gasteiger charge is -2.20. The van der Waals surface area contributed by atoms with Gasteiger partial charge < -0.3 is 16.0 Å². The first-order chi connectivity index (χ1) is 14.9. The number of primary amides is 1. The van der Waals surface area contributed by atoms with E-state index in [0.717, 1.165) is 5.56 Å². The smallest absolute Gasteiger partial charge is 0.229 e. The van der Waals surface area contributed by atoms with Crippen molar-refractivity contribution in [2.24, 2.45) is 5.73 Å². The van der Waals surface area contributed by atoms with Gasteiger partial charge >= 0.3 is 0 Å². The Morgan fingerprint density at radius 3 is 2.68 bits per heavy atom. The maximum atomic E-state index is 13.5. The van der Waals surface area contributed by atoms with Gasteiger partial charge in [-0.1, -0.05) is 24.3 Å². The van der Waals surface area contributed by atoms with E-state index < -0.39 is 11.8 Å². The molecule has 2 aromatic heterocycles. The number of amidine groups is 1. The maximum Gasteiger partial charge on any atom is 0.229 e. The monoisotopic (exact) mass is 420 g/mol. The average molecular weight is 420 g/mol. The number of anilines is 1. The quantitative estimate of drug-likeness (QED) is 0.384. The molecule has 0 fully saturated rings. The number of pyridine rings is 2. The van der Waals surface area contributed by atoms with Crippen molar-refractivity contribution >= 4 is 17.6 Å². The third-order valence-electron chi connectivity index (χ3n) is 4.82. The lowest BCUT2D eigenvalue weighted by atomic mass is 9.91. The molecule has 2 heterocycles. The number of carbonyl (C=O) groups is 1. The van der Waals surface area contributed by atoms with Gasteiger partial charge in [-0.15, -0.1) is 0 Å². The largest absolute Gasteiger partial charge is 0.369 e. The molecule has 1 unspecified atom stereocenters. The number of halogens is 1. The average Bonchev–Trinajstić information content (AvgIpc) is 2.75. The van der Waals surface area contributed by atoms with Gasteiger partial charge in [0.2, 0.25) is 5.91 Å². The van der Waals surface area contributed by atoms with E-state index in [0.29, 0.717) is 35.6 Å². The molecule has 0 aliphatic rings. The van der Waals surface area contributed by atoms with Crippen molar-refractivity contribution in [2.45, 2.75) is 12.3 Å². The number of hydrogen-bond acceptors (Lipinski definition) is 5. The molecule has 1 aromatic carbocycles. The number of nitrogens with two attached hydrogens (primary N) is 1. The summed E-state index contributed by atoms with van der Waals surface area (Å²) in [5.41, 5.74) is 8.28. The molecule has 8 heteroatoms. The van der Waals surface area contributed by atoms with Crippen molar-refractivity contribution in [3.05, 3.63) is 89.1 Å². The second-order valence-electron chi connectivity index (χ2n) is 7.31. The Bertz CT molecular complexity index is 1070. The molecule has 1 atom stereocenters. The van der Waals surface area contributed by atoms with Crippen LogP contribution >= 0.6 is 0 Å². The van der Waals surface area contributed by atoms with Crippen molar-refractivity contribution in [1.29, 1.82) is 5.41 Å². The second kappa shape index (κ2) is 9.80. The highest BCUT2D eigenvalue weighted by Crippen LogP contribution is 2.29. The third kappa shape index (κ3) is 5.42. The molecule has 0 bridgehead atoms. The SMILES string of the molecule is CN(C)C(=N)c1ccc(C(C(N)=O)c2cccnc2)c(NCCc2cccc(F)c2)n1. The number of hydrogen-bond donors (Lipinski definition) is 3. The van der Waals surface area contributed by atoms with Gasteiger partial charge in [0.25, 0.3) is 0 Å². The molecule has 0 spiro atoms. The molecule has 3 rings (SSSR count). The first-order valence-electron chi connectivity index (χ1n) is 9.81. The maximum absolute atomic E-state index is 13.5. The summed E-state index contributed by atoms with van der Waals surface area (Å²) in [6, 6.07) is 13.4. The van der Waals surface area contributed by atoms with Crippen molar-refractivity contribution in [3.63, 3.8) is 0 Å². The number of carbonyl (C=O) groups excluding carboxylic acids is 1. The van der Waals surface area contributed by atoms with Crippen LogP contribution in [0.5, 0.6) is 0 Å². The Balaban J connectivity index is 1.95. The molecule has 4 N–H and O–H groups in total. The van der Waals surface area contributed by atoms with Crippen LogP contribution in [0, 0.1) is 11.2 Å². The molecule has 0 aliphatic carbocycles. The number of rotatable bonds is 8. The fourth-order valence-corrected chi connectivity index (χ4v) is 3.27. The summed E-state index contributed by atoms with van der Waals surface area (Å²) in [7, 11) is 3.52. The van der Waals surface area contributed by atoms with Crippen LogP contribution < -0.4 is 11.1 Å². The molecule has 0 saturated carbocycles. The van der Waals surface area contributed by atoms with Crippen LogP contribution in [0.1, 0.15) is 28.3 Å². The number of nitrogens with one attached hydrogen (secondary N) is 2. The van der Waals surface area contributed by atoms with Crippen molar-refractivity contribution in [1.82, 2.24) is 14.9 Å². The van der Waals surface area contributed by atoms with E-state index in [1.807, 2.05) is 6.07 Å². The first kappa shape index (κ1) is 21.9. The number of amides is 1. The van der Waals surface area contributed by atoms with E-state index in [1.54, 1.807) is 61.7 Å². The van der Waals surface area contributed by atoms with Gasteiger partial charge in [0.05, 0.1) is 5.92 Å². The molecule has 31 heavy (non-hydrogen) atoms. The molecular weight excluding hydrogens is 395 g/mol. The third-order valence-corrected chi connectivity index (χ3v) is 4.82. The van der Waals surface area contributed by atoms with E-state index in [-0.39, 0.29) is 11.7 Å². The van der Waals surface area contributed by atoms with Crippen molar-refractivity contribution in [2.75, 3.05) is 26.0 Å². The molecule has 0 aliphatic heterocycles. The molecule has 0 saturated heterocycles. The molecule has 3 aromatic rings. The highest BCUT2D eigenvalue weighted by Gasteiger charge is 2.25. The van der Waals surface area contributed by atoms with Crippen LogP contribution in [0.15, 0.2) is 60.9 Å². The summed E-state index contributed by atoms with van der Waals surface area (Å²) < 4.78 is 13.5. The number of nitrogens with zero attached hydrogens (tertiary/aromatic N) is 3. The van der Waals surface area contributed by atoms with Crippen LogP contribution in [0.2, 0.25) is 0 Å². The molecule has 160 valence electrons. The zero-order valence-corrected chi connectivity index (χ0v) is 17.5. The van der Waals surface area contributed by atoms with Crippen LogP contribution in [0.3, 0.4) is 0 Å². The summed E-state index contributed by atoms with van der Waals surface area (Å²) in [6.45, 7) is 0.459. The first-order valence-corrected chi connectivity index (χ1v) is 9.81. The lowest BCUT2D eigenvalue weighted by molar-refractivity contribution is -0.118. The van der Waals surface area contributed by atoms with E-state index in [9.17, 15) is 9.18 Å². The lowest BCUT2D eigenvalue weighted by Crippen LogP contribution is -2.26. The summed E-state index contributed by atoms with van der Waals surface area (Å²) >= 11 is 0. The zero-order valence-electron chi connectivity index (χ0n) is 17.5. The normalized spacial score (nSPS) is 11.6. The highest BCUT2D eigenvalue weighted by molar-refractivity contribution is 5.95. The second-order valence-corrected chi connectivity index (χ2v) is 7.31. The Hall–Kier alpha value is -3.81. The number of benzene rings is 1. The summed E-state index contributed by atoms with van der Waals surface area (Å²) in [6.07, 6.45) is 3.78. The van der Waals surface area contributed by atoms with E-state index in [4.69, 9.17) is 11.1 Å². The van der Waals surface area contributed by atoms with Gasteiger partial charge in [-0.25, -0.2) is 9.37 Å². The predicted molar refractivity (Wildman–Crippen MR) is 119 cm³/mol. The molecule has 0 radical (unpaired) electrons. The van der Waals surface area contributed by atoms with Crippen LogP contribution in [0.4, 0.5) is 10.2 Å². The van der Waals surface area contributed by atoms with Gasteiger partial charge in [0.15, 0.2) is 0 Å². The zero-order chi connectivity index (χ0) is 22.4. The van der Waals surface area contributed by atoms with Crippen molar-refractivity contribution < 1.29 is 9.18 Å². The topological polar surface area (TPSA) is 108 Å². The summed E-state index contributed by atoms with van der Waals surface area (Å²) in [4.78, 5) is 22.7. The van der Waals surface area contributed by atoms with Crippen LogP contribution in [-0.2, 0) is 11.2 Å². The highest BCUT2D eigenvalue weighted by atomic mass is 19.1. The summed E-state index contributed by atoms with van der Waals surface area (Å²) in [5, 5.41) is 11.5. The van der Waals surface area contributed by atoms with Crippen molar-refractivity contribution in [3.8, 4) is 0 Å². The van der Waals surface area contributed by atoms with Gasteiger partial charge in [-0.3, -0.25) is 15.2 Å².